The molecule has 1 aliphatic heterocycles. The number of H-pyrrole nitrogens is 1. The summed E-state index contributed by atoms with van der Waals surface area (Å²) in [5.74, 6) is 0.225. The van der Waals surface area contributed by atoms with Gasteiger partial charge in [-0.25, -0.2) is 4.98 Å². The highest BCUT2D eigenvalue weighted by Gasteiger charge is 2.31. The molecular weight excluding hydrogens is 262 g/mol. The van der Waals surface area contributed by atoms with Gasteiger partial charge >= 0.3 is 0 Å². The van der Waals surface area contributed by atoms with Gasteiger partial charge in [0.05, 0.1) is 10.7 Å². The molecule has 3 heterocycles. The van der Waals surface area contributed by atoms with E-state index in [4.69, 9.17) is 5.11 Å². The predicted molar refractivity (Wildman–Crippen MR) is 73.1 cm³/mol. The van der Waals surface area contributed by atoms with Crippen LogP contribution in [0.25, 0.3) is 11.3 Å². The van der Waals surface area contributed by atoms with Gasteiger partial charge in [0.2, 0.25) is 0 Å². The number of aromatic amines is 1. The Kier molecular flexibility index (Phi) is 3.12. The summed E-state index contributed by atoms with van der Waals surface area (Å²) >= 11 is 1.59. The molecule has 2 aromatic heterocycles. The van der Waals surface area contributed by atoms with Crippen LogP contribution in [0.1, 0.15) is 15.5 Å². The third-order valence-electron chi connectivity index (χ3n) is 3.33. The third kappa shape index (κ3) is 2.29. The van der Waals surface area contributed by atoms with Crippen LogP contribution >= 0.6 is 11.3 Å². The summed E-state index contributed by atoms with van der Waals surface area (Å²) in [6, 6.07) is 1.84. The number of hydrogen-bond acceptors (Lipinski definition) is 4. The maximum atomic E-state index is 12.1. The fraction of sp³-hybridized carbons (Fsp3) is 0.385. The van der Waals surface area contributed by atoms with Gasteiger partial charge in [0.1, 0.15) is 5.69 Å². The van der Waals surface area contributed by atoms with Crippen molar-refractivity contribution in [1.29, 1.82) is 0 Å². The second-order valence-electron chi connectivity index (χ2n) is 4.81. The zero-order valence-electron chi connectivity index (χ0n) is 10.6. The highest BCUT2D eigenvalue weighted by Crippen LogP contribution is 2.24. The predicted octanol–water partition coefficient (Wildman–Crippen LogP) is 1.51. The van der Waals surface area contributed by atoms with Gasteiger partial charge in [-0.3, -0.25) is 4.79 Å². The van der Waals surface area contributed by atoms with Crippen molar-refractivity contribution in [3.63, 3.8) is 0 Å². The van der Waals surface area contributed by atoms with E-state index >= 15 is 0 Å². The van der Waals surface area contributed by atoms with Crippen molar-refractivity contribution >= 4 is 17.2 Å². The van der Waals surface area contributed by atoms with Crippen molar-refractivity contribution in [3.05, 3.63) is 28.3 Å². The van der Waals surface area contributed by atoms with Crippen molar-refractivity contribution in [3.8, 4) is 11.3 Å². The Labute approximate surface area is 114 Å². The Morgan fingerprint density at radius 3 is 3.05 bits per heavy atom. The average molecular weight is 277 g/mol. The number of aliphatic hydroxyl groups is 1. The SMILES string of the molecule is Cc1nc(-c2c[nH]c(C(=O)N3CC(CO)C3)c2)cs1. The van der Waals surface area contributed by atoms with Crippen LogP contribution in [0, 0.1) is 12.8 Å². The first-order valence-corrected chi connectivity index (χ1v) is 7.06. The number of hydrogen-bond donors (Lipinski definition) is 2. The number of aryl methyl sites for hydroxylation is 1. The minimum Gasteiger partial charge on any atom is -0.396 e. The summed E-state index contributed by atoms with van der Waals surface area (Å²) in [5.41, 5.74) is 2.42. The van der Waals surface area contributed by atoms with Gasteiger partial charge in [0.25, 0.3) is 5.91 Å². The average Bonchev–Trinajstić information content (AvgIpc) is 2.95. The lowest BCUT2D eigenvalue weighted by Crippen LogP contribution is -2.51. The van der Waals surface area contributed by atoms with E-state index in [9.17, 15) is 4.79 Å². The van der Waals surface area contributed by atoms with Crippen molar-refractivity contribution in [2.45, 2.75) is 6.92 Å². The summed E-state index contributed by atoms with van der Waals surface area (Å²) < 4.78 is 0. The first-order chi connectivity index (χ1) is 9.17. The van der Waals surface area contributed by atoms with Crippen molar-refractivity contribution in [2.75, 3.05) is 19.7 Å². The minimum atomic E-state index is -0.0112. The zero-order chi connectivity index (χ0) is 13.4. The van der Waals surface area contributed by atoms with Crippen molar-refractivity contribution in [2.24, 2.45) is 5.92 Å². The second kappa shape index (κ2) is 4.79. The molecule has 2 aromatic rings. The lowest BCUT2D eigenvalue weighted by atomic mass is 10.0. The Bertz CT molecular complexity index is 599. The Balaban J connectivity index is 1.73. The number of aromatic nitrogens is 2. The van der Waals surface area contributed by atoms with Gasteiger partial charge in [0, 0.05) is 42.8 Å². The quantitative estimate of drug-likeness (QED) is 0.893. The summed E-state index contributed by atoms with van der Waals surface area (Å²) in [6.07, 6.45) is 1.81. The molecule has 0 spiro atoms. The van der Waals surface area contributed by atoms with Gasteiger partial charge in [-0.1, -0.05) is 0 Å². The molecule has 3 rings (SSSR count). The van der Waals surface area contributed by atoms with E-state index in [0.717, 1.165) is 16.3 Å². The molecule has 1 saturated heterocycles. The second-order valence-corrected chi connectivity index (χ2v) is 5.87. The first kappa shape index (κ1) is 12.4. The topological polar surface area (TPSA) is 69.2 Å². The fourth-order valence-corrected chi connectivity index (χ4v) is 2.81. The Hall–Kier alpha value is -1.66. The molecule has 19 heavy (non-hydrogen) atoms. The van der Waals surface area contributed by atoms with Gasteiger partial charge in [-0.15, -0.1) is 11.3 Å². The van der Waals surface area contributed by atoms with E-state index in [0.29, 0.717) is 18.8 Å². The number of carbonyl (C=O) groups excluding carboxylic acids is 1. The van der Waals surface area contributed by atoms with Crippen molar-refractivity contribution < 1.29 is 9.90 Å². The van der Waals surface area contributed by atoms with Gasteiger partial charge in [0.15, 0.2) is 0 Å². The Morgan fingerprint density at radius 1 is 1.63 bits per heavy atom. The third-order valence-corrected chi connectivity index (χ3v) is 4.10. The van der Waals surface area contributed by atoms with Gasteiger partial charge in [-0.05, 0) is 13.0 Å². The van der Waals surface area contributed by atoms with Crippen LogP contribution in [0.3, 0.4) is 0 Å². The molecule has 1 fully saturated rings. The van der Waals surface area contributed by atoms with E-state index < -0.39 is 0 Å². The summed E-state index contributed by atoms with van der Waals surface area (Å²) in [4.78, 5) is 21.3. The smallest absolute Gasteiger partial charge is 0.270 e. The van der Waals surface area contributed by atoms with Gasteiger partial charge in [-0.2, -0.15) is 0 Å². The number of thiazole rings is 1. The zero-order valence-corrected chi connectivity index (χ0v) is 11.4. The highest BCUT2D eigenvalue weighted by molar-refractivity contribution is 7.09. The molecule has 5 nitrogen and oxygen atoms in total. The van der Waals surface area contributed by atoms with Crippen LogP contribution in [0.5, 0.6) is 0 Å². The molecular formula is C13H15N3O2S. The van der Waals surface area contributed by atoms with Crippen LogP contribution < -0.4 is 0 Å². The molecule has 1 amide bonds. The summed E-state index contributed by atoms with van der Waals surface area (Å²) in [5, 5.41) is 12.0. The fourth-order valence-electron chi connectivity index (χ4n) is 2.18. The number of aliphatic hydroxyl groups excluding tert-OH is 1. The molecule has 1 aliphatic rings. The molecule has 0 aliphatic carbocycles. The lowest BCUT2D eigenvalue weighted by molar-refractivity contribution is 0.0357. The molecule has 0 aromatic carbocycles. The molecule has 100 valence electrons. The van der Waals surface area contributed by atoms with Crippen LogP contribution in [0.2, 0.25) is 0 Å². The summed E-state index contributed by atoms with van der Waals surface area (Å²) in [7, 11) is 0. The summed E-state index contributed by atoms with van der Waals surface area (Å²) in [6.45, 7) is 3.39. The van der Waals surface area contributed by atoms with E-state index in [1.165, 1.54) is 0 Å². The monoisotopic (exact) mass is 277 g/mol. The molecule has 0 unspecified atom stereocenters. The highest BCUT2D eigenvalue weighted by atomic mass is 32.1. The number of nitrogens with zero attached hydrogens (tertiary/aromatic N) is 2. The number of amides is 1. The van der Waals surface area contributed by atoms with E-state index in [1.54, 1.807) is 16.2 Å². The maximum absolute atomic E-state index is 12.1. The molecule has 0 bridgehead atoms. The number of carbonyl (C=O) groups is 1. The largest absolute Gasteiger partial charge is 0.396 e. The van der Waals surface area contributed by atoms with Crippen molar-refractivity contribution in [1.82, 2.24) is 14.9 Å². The van der Waals surface area contributed by atoms with Crippen LogP contribution in [0.15, 0.2) is 17.6 Å². The van der Waals surface area contributed by atoms with Crippen LogP contribution in [-0.4, -0.2) is 45.6 Å². The number of rotatable bonds is 3. The van der Waals surface area contributed by atoms with Gasteiger partial charge < -0.3 is 15.0 Å². The van der Waals surface area contributed by atoms with Crippen LogP contribution in [-0.2, 0) is 0 Å². The maximum Gasteiger partial charge on any atom is 0.270 e. The minimum absolute atomic E-state index is 0.0112. The number of nitrogens with one attached hydrogen (secondary N) is 1. The molecule has 0 radical (unpaired) electrons. The molecule has 2 N–H and O–H groups in total. The van der Waals surface area contributed by atoms with Crippen LogP contribution in [0.4, 0.5) is 0 Å². The normalized spacial score (nSPS) is 15.6. The molecule has 0 atom stereocenters. The van der Waals surface area contributed by atoms with E-state index in [1.807, 2.05) is 24.6 Å². The number of likely N-dealkylation sites (tertiary alicyclic amines) is 1. The Morgan fingerprint density at radius 2 is 2.42 bits per heavy atom. The molecule has 6 heteroatoms. The van der Waals surface area contributed by atoms with E-state index in [-0.39, 0.29) is 18.4 Å². The standard InChI is InChI=1S/C13H15N3O2S/c1-8-15-12(7-19-8)10-2-11(14-3-10)13(18)16-4-9(5-16)6-17/h2-3,7,9,14,17H,4-6H2,1H3. The lowest BCUT2D eigenvalue weighted by Gasteiger charge is -2.37. The molecule has 0 saturated carbocycles. The van der Waals surface area contributed by atoms with E-state index in [2.05, 4.69) is 9.97 Å². The first-order valence-electron chi connectivity index (χ1n) is 6.18.